The molecule has 1 amide bonds. The SMILES string of the molecule is CC(C)CCN1CCCC(C(=O)NCC2CC2)C1. The Kier molecular flexibility index (Phi) is 5.04. The molecule has 0 aromatic heterocycles. The molecule has 1 N–H and O–H groups in total. The van der Waals surface area contributed by atoms with Gasteiger partial charge in [-0.3, -0.25) is 4.79 Å². The summed E-state index contributed by atoms with van der Waals surface area (Å²) in [5.74, 6) is 2.09. The predicted molar refractivity (Wildman–Crippen MR) is 74.4 cm³/mol. The van der Waals surface area contributed by atoms with E-state index in [4.69, 9.17) is 0 Å². The van der Waals surface area contributed by atoms with Crippen LogP contribution in [0.1, 0.15) is 46.0 Å². The van der Waals surface area contributed by atoms with Crippen molar-refractivity contribution in [3.8, 4) is 0 Å². The summed E-state index contributed by atoms with van der Waals surface area (Å²) in [4.78, 5) is 14.6. The van der Waals surface area contributed by atoms with Crippen molar-refractivity contribution in [2.75, 3.05) is 26.2 Å². The Balaban J connectivity index is 1.69. The Morgan fingerprint density at radius 2 is 2.11 bits per heavy atom. The van der Waals surface area contributed by atoms with Crippen LogP contribution in [-0.2, 0) is 4.79 Å². The van der Waals surface area contributed by atoms with E-state index in [1.807, 2.05) is 0 Å². The van der Waals surface area contributed by atoms with Gasteiger partial charge in [-0.05, 0) is 57.0 Å². The normalized spacial score (nSPS) is 25.4. The summed E-state index contributed by atoms with van der Waals surface area (Å²) in [5, 5.41) is 3.13. The fourth-order valence-electron chi connectivity index (χ4n) is 2.62. The number of rotatable bonds is 6. The summed E-state index contributed by atoms with van der Waals surface area (Å²) in [6.07, 6.45) is 6.13. The van der Waals surface area contributed by atoms with Crippen molar-refractivity contribution >= 4 is 5.91 Å². The zero-order chi connectivity index (χ0) is 13.0. The van der Waals surface area contributed by atoms with Crippen molar-refractivity contribution in [2.45, 2.75) is 46.0 Å². The average Bonchev–Trinajstić information content (AvgIpc) is 3.18. The number of nitrogens with zero attached hydrogens (tertiary/aromatic N) is 1. The summed E-state index contributed by atoms with van der Waals surface area (Å²) in [7, 11) is 0. The van der Waals surface area contributed by atoms with Crippen molar-refractivity contribution < 1.29 is 4.79 Å². The van der Waals surface area contributed by atoms with E-state index in [1.165, 1.54) is 32.2 Å². The third-order valence-electron chi connectivity index (χ3n) is 4.16. The molecule has 3 nitrogen and oxygen atoms in total. The smallest absolute Gasteiger partial charge is 0.224 e. The third kappa shape index (κ3) is 4.60. The first kappa shape index (κ1) is 13.9. The van der Waals surface area contributed by atoms with Crippen LogP contribution in [0.4, 0.5) is 0 Å². The highest BCUT2D eigenvalue weighted by Gasteiger charge is 2.27. The molecule has 0 radical (unpaired) electrons. The number of carbonyl (C=O) groups excluding carboxylic acids is 1. The van der Waals surface area contributed by atoms with Gasteiger partial charge in [0.2, 0.25) is 5.91 Å². The summed E-state index contributed by atoms with van der Waals surface area (Å²) in [5.41, 5.74) is 0. The molecular weight excluding hydrogens is 224 g/mol. The molecule has 2 fully saturated rings. The molecule has 1 saturated carbocycles. The maximum Gasteiger partial charge on any atom is 0.224 e. The first-order valence-electron chi connectivity index (χ1n) is 7.65. The highest BCUT2D eigenvalue weighted by atomic mass is 16.1. The van der Waals surface area contributed by atoms with E-state index in [1.54, 1.807) is 0 Å². The summed E-state index contributed by atoms with van der Waals surface area (Å²) in [6.45, 7) is 8.77. The van der Waals surface area contributed by atoms with Gasteiger partial charge in [0.1, 0.15) is 0 Å². The Labute approximate surface area is 111 Å². The molecular formula is C15H28N2O. The predicted octanol–water partition coefficient (Wildman–Crippen LogP) is 2.27. The van der Waals surface area contributed by atoms with Gasteiger partial charge in [0, 0.05) is 13.1 Å². The molecule has 1 atom stereocenters. The van der Waals surface area contributed by atoms with Crippen molar-refractivity contribution in [1.82, 2.24) is 10.2 Å². The van der Waals surface area contributed by atoms with Crippen LogP contribution >= 0.6 is 0 Å². The molecule has 1 saturated heterocycles. The zero-order valence-electron chi connectivity index (χ0n) is 12.0. The largest absolute Gasteiger partial charge is 0.356 e. The molecule has 0 aromatic carbocycles. The van der Waals surface area contributed by atoms with Crippen LogP contribution in [0.25, 0.3) is 0 Å². The number of nitrogens with one attached hydrogen (secondary N) is 1. The molecule has 2 aliphatic rings. The van der Waals surface area contributed by atoms with Gasteiger partial charge in [-0.2, -0.15) is 0 Å². The fraction of sp³-hybridized carbons (Fsp3) is 0.933. The molecule has 0 bridgehead atoms. The number of hydrogen-bond acceptors (Lipinski definition) is 2. The van der Waals surface area contributed by atoms with E-state index < -0.39 is 0 Å². The quantitative estimate of drug-likeness (QED) is 0.786. The number of hydrogen-bond donors (Lipinski definition) is 1. The minimum absolute atomic E-state index is 0.240. The van der Waals surface area contributed by atoms with Crippen molar-refractivity contribution in [3.63, 3.8) is 0 Å². The van der Waals surface area contributed by atoms with E-state index >= 15 is 0 Å². The van der Waals surface area contributed by atoms with Gasteiger partial charge < -0.3 is 10.2 Å². The highest BCUT2D eigenvalue weighted by Crippen LogP contribution is 2.28. The second-order valence-electron chi connectivity index (χ2n) is 6.51. The Bertz CT molecular complexity index is 274. The number of amides is 1. The van der Waals surface area contributed by atoms with E-state index in [0.717, 1.165) is 37.9 Å². The first-order chi connectivity index (χ1) is 8.65. The minimum atomic E-state index is 0.240. The Morgan fingerprint density at radius 1 is 1.33 bits per heavy atom. The maximum atomic E-state index is 12.1. The van der Waals surface area contributed by atoms with Gasteiger partial charge in [0.15, 0.2) is 0 Å². The van der Waals surface area contributed by atoms with E-state index in [2.05, 4.69) is 24.1 Å². The van der Waals surface area contributed by atoms with Crippen LogP contribution in [0.15, 0.2) is 0 Å². The molecule has 18 heavy (non-hydrogen) atoms. The molecule has 104 valence electrons. The molecule has 1 aliphatic carbocycles. The molecule has 0 spiro atoms. The average molecular weight is 252 g/mol. The monoisotopic (exact) mass is 252 g/mol. The lowest BCUT2D eigenvalue weighted by atomic mass is 9.96. The van der Waals surface area contributed by atoms with Crippen molar-refractivity contribution in [2.24, 2.45) is 17.8 Å². The number of piperidine rings is 1. The van der Waals surface area contributed by atoms with Crippen LogP contribution in [0.5, 0.6) is 0 Å². The van der Waals surface area contributed by atoms with Crippen LogP contribution in [0, 0.1) is 17.8 Å². The summed E-state index contributed by atoms with van der Waals surface area (Å²) < 4.78 is 0. The van der Waals surface area contributed by atoms with Crippen LogP contribution in [0.3, 0.4) is 0 Å². The second-order valence-corrected chi connectivity index (χ2v) is 6.51. The first-order valence-corrected chi connectivity index (χ1v) is 7.65. The molecule has 1 aliphatic heterocycles. The second kappa shape index (κ2) is 6.55. The van der Waals surface area contributed by atoms with Gasteiger partial charge in [-0.1, -0.05) is 13.8 Å². The lowest BCUT2D eigenvalue weighted by molar-refractivity contribution is -0.126. The van der Waals surface area contributed by atoms with E-state index in [9.17, 15) is 4.79 Å². The lowest BCUT2D eigenvalue weighted by Gasteiger charge is -2.32. The van der Waals surface area contributed by atoms with Crippen LogP contribution in [0.2, 0.25) is 0 Å². The molecule has 0 aromatic rings. The highest BCUT2D eigenvalue weighted by molar-refractivity contribution is 5.79. The van der Waals surface area contributed by atoms with E-state index in [-0.39, 0.29) is 5.92 Å². The summed E-state index contributed by atoms with van der Waals surface area (Å²) >= 11 is 0. The van der Waals surface area contributed by atoms with Crippen molar-refractivity contribution in [3.05, 3.63) is 0 Å². The Morgan fingerprint density at radius 3 is 2.78 bits per heavy atom. The topological polar surface area (TPSA) is 32.3 Å². The van der Waals surface area contributed by atoms with E-state index in [0.29, 0.717) is 5.91 Å². The minimum Gasteiger partial charge on any atom is -0.356 e. The van der Waals surface area contributed by atoms with Crippen LogP contribution < -0.4 is 5.32 Å². The summed E-state index contributed by atoms with van der Waals surface area (Å²) in [6, 6.07) is 0. The molecule has 2 rings (SSSR count). The number of carbonyl (C=O) groups is 1. The van der Waals surface area contributed by atoms with Gasteiger partial charge in [-0.25, -0.2) is 0 Å². The van der Waals surface area contributed by atoms with Gasteiger partial charge in [-0.15, -0.1) is 0 Å². The maximum absolute atomic E-state index is 12.1. The molecule has 1 heterocycles. The zero-order valence-corrected chi connectivity index (χ0v) is 12.0. The molecule has 3 heteroatoms. The van der Waals surface area contributed by atoms with Gasteiger partial charge in [0.25, 0.3) is 0 Å². The van der Waals surface area contributed by atoms with Gasteiger partial charge >= 0.3 is 0 Å². The van der Waals surface area contributed by atoms with Gasteiger partial charge in [0.05, 0.1) is 5.92 Å². The third-order valence-corrected chi connectivity index (χ3v) is 4.16. The van der Waals surface area contributed by atoms with Crippen LogP contribution in [-0.4, -0.2) is 37.0 Å². The standard InChI is InChI=1S/C15H28N2O/c1-12(2)7-9-17-8-3-4-14(11-17)15(18)16-10-13-5-6-13/h12-14H,3-11H2,1-2H3,(H,16,18). The lowest BCUT2D eigenvalue weighted by Crippen LogP contribution is -2.43. The van der Waals surface area contributed by atoms with Crippen molar-refractivity contribution in [1.29, 1.82) is 0 Å². The fourth-order valence-corrected chi connectivity index (χ4v) is 2.62. The molecule has 1 unspecified atom stereocenters. The number of likely N-dealkylation sites (tertiary alicyclic amines) is 1. The Hall–Kier alpha value is -0.570.